The predicted molar refractivity (Wildman–Crippen MR) is 92.0 cm³/mol. The molecule has 0 aliphatic heterocycles. The van der Waals surface area contributed by atoms with Crippen LogP contribution in [0.2, 0.25) is 0 Å². The Morgan fingerprint density at radius 1 is 1.12 bits per heavy atom. The summed E-state index contributed by atoms with van der Waals surface area (Å²) < 4.78 is 5.31. The first kappa shape index (κ1) is 18.5. The molecule has 26 heavy (non-hydrogen) atoms. The van der Waals surface area contributed by atoms with E-state index in [1.165, 1.54) is 55.6 Å². The maximum atomic E-state index is 12.0. The molecule has 0 unspecified atom stereocenters. The van der Waals surface area contributed by atoms with Crippen molar-refractivity contribution in [3.05, 3.63) is 74.3 Å². The standard InChI is InChI=1S/C16H14N4O6/c1-11(26-15-5-3-2-4-14(15)20(24)25)16(21)18-17-10-12-6-8-13(9-7-12)19(22)23/h2-11H,1H3,(H,18,21)/b17-10-/t11-/m0/s1. The number of hydrogen-bond donors (Lipinski definition) is 1. The Morgan fingerprint density at radius 3 is 2.38 bits per heavy atom. The highest BCUT2D eigenvalue weighted by Gasteiger charge is 2.20. The van der Waals surface area contributed by atoms with E-state index in [9.17, 15) is 25.0 Å². The summed E-state index contributed by atoms with van der Waals surface area (Å²) in [6.45, 7) is 1.42. The highest BCUT2D eigenvalue weighted by molar-refractivity contribution is 5.84. The summed E-state index contributed by atoms with van der Waals surface area (Å²) in [4.78, 5) is 32.3. The molecule has 1 atom stereocenters. The van der Waals surface area contributed by atoms with E-state index < -0.39 is 21.9 Å². The number of nitrogens with one attached hydrogen (secondary N) is 1. The molecule has 134 valence electrons. The van der Waals surface area contributed by atoms with Gasteiger partial charge in [0.05, 0.1) is 16.1 Å². The molecule has 0 aliphatic carbocycles. The van der Waals surface area contributed by atoms with Crippen molar-refractivity contribution in [1.29, 1.82) is 0 Å². The average Bonchev–Trinajstić information content (AvgIpc) is 2.62. The molecule has 1 N–H and O–H groups in total. The van der Waals surface area contributed by atoms with Gasteiger partial charge < -0.3 is 4.74 Å². The smallest absolute Gasteiger partial charge is 0.310 e. The molecule has 0 aliphatic rings. The second kappa shape index (κ2) is 8.33. The molecule has 0 bridgehead atoms. The number of rotatable bonds is 7. The number of nitrogens with zero attached hydrogens (tertiary/aromatic N) is 3. The van der Waals surface area contributed by atoms with Crippen LogP contribution in [0.5, 0.6) is 5.75 Å². The Morgan fingerprint density at radius 2 is 1.77 bits per heavy atom. The lowest BCUT2D eigenvalue weighted by molar-refractivity contribution is -0.386. The summed E-state index contributed by atoms with van der Waals surface area (Å²) in [5, 5.41) is 25.2. The van der Waals surface area contributed by atoms with E-state index >= 15 is 0 Å². The molecular weight excluding hydrogens is 344 g/mol. The van der Waals surface area contributed by atoms with Crippen LogP contribution in [0.4, 0.5) is 11.4 Å². The maximum absolute atomic E-state index is 12.0. The van der Waals surface area contributed by atoms with Crippen molar-refractivity contribution in [1.82, 2.24) is 5.43 Å². The van der Waals surface area contributed by atoms with Gasteiger partial charge in [-0.1, -0.05) is 12.1 Å². The Bertz CT molecular complexity index is 850. The van der Waals surface area contributed by atoms with Crippen molar-refractivity contribution in [3.8, 4) is 5.75 Å². The number of hydrogen-bond acceptors (Lipinski definition) is 7. The third kappa shape index (κ3) is 4.84. The number of hydrazone groups is 1. The minimum atomic E-state index is -1.02. The number of ether oxygens (including phenoxy) is 1. The first-order valence-electron chi connectivity index (χ1n) is 7.36. The fourth-order valence-electron chi connectivity index (χ4n) is 1.90. The normalized spacial score (nSPS) is 11.7. The second-order valence-electron chi connectivity index (χ2n) is 5.07. The van der Waals surface area contributed by atoms with E-state index in [1.807, 2.05) is 0 Å². The first-order valence-corrected chi connectivity index (χ1v) is 7.36. The fraction of sp³-hybridized carbons (Fsp3) is 0.125. The summed E-state index contributed by atoms with van der Waals surface area (Å²) in [6.07, 6.45) is 0.282. The van der Waals surface area contributed by atoms with Gasteiger partial charge in [0, 0.05) is 18.2 Å². The van der Waals surface area contributed by atoms with Crippen LogP contribution < -0.4 is 10.2 Å². The quantitative estimate of drug-likeness (QED) is 0.458. The molecule has 10 nitrogen and oxygen atoms in total. The molecule has 0 fully saturated rings. The number of nitro benzene ring substituents is 2. The second-order valence-corrected chi connectivity index (χ2v) is 5.07. The van der Waals surface area contributed by atoms with Crippen LogP contribution in [0.15, 0.2) is 53.6 Å². The Balaban J connectivity index is 1.95. The third-order valence-corrected chi connectivity index (χ3v) is 3.23. The van der Waals surface area contributed by atoms with E-state index in [1.54, 1.807) is 6.07 Å². The van der Waals surface area contributed by atoms with E-state index in [0.29, 0.717) is 5.56 Å². The Kier molecular flexibility index (Phi) is 5.93. The zero-order chi connectivity index (χ0) is 19.1. The lowest BCUT2D eigenvalue weighted by atomic mass is 10.2. The van der Waals surface area contributed by atoms with Crippen LogP contribution in [0.1, 0.15) is 12.5 Å². The van der Waals surface area contributed by atoms with Gasteiger partial charge in [0.15, 0.2) is 11.9 Å². The maximum Gasteiger partial charge on any atom is 0.310 e. The van der Waals surface area contributed by atoms with Gasteiger partial charge in [-0.3, -0.25) is 25.0 Å². The van der Waals surface area contributed by atoms with E-state index in [2.05, 4.69) is 10.5 Å². The minimum Gasteiger partial charge on any atom is -0.474 e. The topological polar surface area (TPSA) is 137 Å². The highest BCUT2D eigenvalue weighted by Crippen LogP contribution is 2.26. The monoisotopic (exact) mass is 358 g/mol. The third-order valence-electron chi connectivity index (χ3n) is 3.23. The van der Waals surface area contributed by atoms with E-state index in [0.717, 1.165) is 0 Å². The van der Waals surface area contributed by atoms with Crippen molar-refractivity contribution in [3.63, 3.8) is 0 Å². The number of para-hydroxylation sites is 2. The molecule has 1 amide bonds. The van der Waals surface area contributed by atoms with Gasteiger partial charge >= 0.3 is 5.69 Å². The zero-order valence-electron chi connectivity index (χ0n) is 13.6. The van der Waals surface area contributed by atoms with Crippen molar-refractivity contribution < 1.29 is 19.4 Å². The summed E-state index contributed by atoms with van der Waals surface area (Å²) in [6, 6.07) is 11.3. The lowest BCUT2D eigenvalue weighted by Crippen LogP contribution is -2.33. The number of non-ortho nitro benzene ring substituents is 1. The van der Waals surface area contributed by atoms with Gasteiger partial charge in [0.1, 0.15) is 0 Å². The van der Waals surface area contributed by atoms with Crippen molar-refractivity contribution in [2.24, 2.45) is 5.10 Å². The Labute approximate surface area is 147 Å². The van der Waals surface area contributed by atoms with Gasteiger partial charge in [-0.25, -0.2) is 5.43 Å². The predicted octanol–water partition coefficient (Wildman–Crippen LogP) is 2.42. The number of amides is 1. The van der Waals surface area contributed by atoms with Gasteiger partial charge in [-0.2, -0.15) is 5.10 Å². The molecule has 0 saturated heterocycles. The van der Waals surface area contributed by atoms with Crippen LogP contribution >= 0.6 is 0 Å². The van der Waals surface area contributed by atoms with Gasteiger partial charge in [0.25, 0.3) is 11.6 Å². The van der Waals surface area contributed by atoms with Gasteiger partial charge in [-0.15, -0.1) is 0 Å². The summed E-state index contributed by atoms with van der Waals surface area (Å²) >= 11 is 0. The summed E-state index contributed by atoms with van der Waals surface area (Å²) in [5.41, 5.74) is 2.48. The number of carbonyl (C=O) groups is 1. The van der Waals surface area contributed by atoms with Gasteiger partial charge in [0.2, 0.25) is 0 Å². The van der Waals surface area contributed by atoms with Crippen molar-refractivity contribution >= 4 is 23.5 Å². The molecule has 2 rings (SSSR count). The summed E-state index contributed by atoms with van der Waals surface area (Å²) in [7, 11) is 0. The van der Waals surface area contributed by atoms with Crippen LogP contribution in [0.3, 0.4) is 0 Å². The first-order chi connectivity index (χ1) is 12.4. The molecule has 0 aromatic heterocycles. The molecule has 0 radical (unpaired) electrons. The molecule has 2 aromatic carbocycles. The largest absolute Gasteiger partial charge is 0.474 e. The average molecular weight is 358 g/mol. The van der Waals surface area contributed by atoms with E-state index in [4.69, 9.17) is 4.74 Å². The van der Waals surface area contributed by atoms with Crippen molar-refractivity contribution in [2.45, 2.75) is 13.0 Å². The molecular formula is C16H14N4O6. The molecule has 0 heterocycles. The van der Waals surface area contributed by atoms with Gasteiger partial charge in [-0.05, 0) is 30.7 Å². The molecule has 2 aromatic rings. The zero-order valence-corrected chi connectivity index (χ0v) is 13.6. The van der Waals surface area contributed by atoms with Crippen LogP contribution in [0, 0.1) is 20.2 Å². The molecule has 0 saturated carbocycles. The van der Waals surface area contributed by atoms with Crippen LogP contribution in [-0.2, 0) is 4.79 Å². The van der Waals surface area contributed by atoms with Crippen LogP contribution in [0.25, 0.3) is 0 Å². The fourth-order valence-corrected chi connectivity index (χ4v) is 1.90. The Hall–Kier alpha value is -3.82. The summed E-state index contributed by atoms with van der Waals surface area (Å²) in [5.74, 6) is -0.638. The molecule has 0 spiro atoms. The number of nitro groups is 2. The number of benzene rings is 2. The van der Waals surface area contributed by atoms with Crippen LogP contribution in [-0.4, -0.2) is 28.1 Å². The number of carbonyl (C=O) groups excluding carboxylic acids is 1. The highest BCUT2D eigenvalue weighted by atomic mass is 16.6. The van der Waals surface area contributed by atoms with E-state index in [-0.39, 0.29) is 17.1 Å². The SMILES string of the molecule is C[C@H](Oc1ccccc1[N+](=O)[O-])C(=O)N/N=C\c1ccc([N+](=O)[O-])cc1. The molecule has 10 heteroatoms. The van der Waals surface area contributed by atoms with Crippen molar-refractivity contribution in [2.75, 3.05) is 0 Å². The lowest BCUT2D eigenvalue weighted by Gasteiger charge is -2.12. The minimum absolute atomic E-state index is 0.0282.